The largest absolute Gasteiger partial charge is 0.472 e. The molecule has 3 unspecified atom stereocenters. The van der Waals surface area contributed by atoms with Crippen molar-refractivity contribution in [3.05, 3.63) is 12.2 Å². The van der Waals surface area contributed by atoms with Gasteiger partial charge in [-0.05, 0) is 19.3 Å². The Balaban J connectivity index is 3.82. The lowest BCUT2D eigenvalue weighted by Crippen LogP contribution is -2.45. The minimum Gasteiger partial charge on any atom is -0.387 e. The number of aliphatic hydroxyl groups is 1. The fraction of sp³-hybridized carbons (Fsp3) is 0.947. The second-order valence-electron chi connectivity index (χ2n) is 21.4. The first kappa shape index (κ1) is 65.2. The average molecular weight is 957 g/mol. The molecule has 0 heterocycles. The standard InChI is InChI=1S/C57H115N2O6P/c1-6-8-10-12-14-16-17-18-19-20-21-22-23-24-25-26-27-28-29-30-31-32-33-34-35-36-37-38-39-40-41-43-45-47-49-51-57(61)58-55(54-65-66(62,63)64-53-52-59(3,4)5)56(60)50-48-46-44-42-15-13-11-9-7-2/h48,50,55-56,60H,6-47,49,51-54H2,1-5H3,(H-,58,61,62,63)/p+1/b50-48+. The maximum Gasteiger partial charge on any atom is 0.472 e. The number of nitrogens with zero attached hydrogens (tertiary/aromatic N) is 1. The number of phosphoric ester groups is 1. The van der Waals surface area contributed by atoms with Crippen LogP contribution in [0.25, 0.3) is 0 Å². The number of quaternary nitrogens is 1. The van der Waals surface area contributed by atoms with Gasteiger partial charge < -0.3 is 19.8 Å². The van der Waals surface area contributed by atoms with Crippen molar-refractivity contribution in [1.29, 1.82) is 0 Å². The highest BCUT2D eigenvalue weighted by Gasteiger charge is 2.27. The predicted molar refractivity (Wildman–Crippen MR) is 286 cm³/mol. The van der Waals surface area contributed by atoms with E-state index in [0.717, 1.165) is 38.5 Å². The molecule has 0 aromatic heterocycles. The Morgan fingerprint density at radius 2 is 0.803 bits per heavy atom. The monoisotopic (exact) mass is 956 g/mol. The number of aliphatic hydroxyl groups excluding tert-OH is 1. The molecule has 394 valence electrons. The molecule has 0 aliphatic carbocycles. The third-order valence-corrected chi connectivity index (χ3v) is 14.5. The van der Waals surface area contributed by atoms with Crippen LogP contribution >= 0.6 is 7.82 Å². The molecule has 0 spiro atoms. The normalized spacial score (nSPS) is 14.0. The minimum absolute atomic E-state index is 0.0644. The molecule has 3 N–H and O–H groups in total. The van der Waals surface area contributed by atoms with Crippen molar-refractivity contribution < 1.29 is 32.9 Å². The van der Waals surface area contributed by atoms with E-state index >= 15 is 0 Å². The van der Waals surface area contributed by atoms with E-state index in [2.05, 4.69) is 19.2 Å². The van der Waals surface area contributed by atoms with E-state index in [1.54, 1.807) is 6.08 Å². The molecule has 66 heavy (non-hydrogen) atoms. The molecule has 3 atom stereocenters. The molecule has 0 radical (unpaired) electrons. The summed E-state index contributed by atoms with van der Waals surface area (Å²) in [7, 11) is 1.58. The number of amides is 1. The summed E-state index contributed by atoms with van der Waals surface area (Å²) in [5.74, 6) is -0.173. The molecular weight excluding hydrogens is 840 g/mol. The van der Waals surface area contributed by atoms with Gasteiger partial charge in [0, 0.05) is 6.42 Å². The van der Waals surface area contributed by atoms with E-state index in [4.69, 9.17) is 9.05 Å². The second-order valence-corrected chi connectivity index (χ2v) is 22.8. The highest BCUT2D eigenvalue weighted by molar-refractivity contribution is 7.47. The van der Waals surface area contributed by atoms with Crippen LogP contribution < -0.4 is 5.32 Å². The van der Waals surface area contributed by atoms with Crippen LogP contribution in [-0.2, 0) is 18.4 Å². The summed E-state index contributed by atoms with van der Waals surface area (Å²) in [4.78, 5) is 23.2. The van der Waals surface area contributed by atoms with Crippen molar-refractivity contribution >= 4 is 13.7 Å². The molecule has 0 aliphatic heterocycles. The number of nitrogens with one attached hydrogen (secondary N) is 1. The van der Waals surface area contributed by atoms with E-state index in [-0.39, 0.29) is 19.1 Å². The fourth-order valence-corrected chi connectivity index (χ4v) is 9.66. The summed E-state index contributed by atoms with van der Waals surface area (Å²) in [5.41, 5.74) is 0. The lowest BCUT2D eigenvalue weighted by Gasteiger charge is -2.25. The van der Waals surface area contributed by atoms with Crippen LogP contribution in [-0.4, -0.2) is 73.4 Å². The van der Waals surface area contributed by atoms with Gasteiger partial charge in [-0.15, -0.1) is 0 Å². The molecule has 8 nitrogen and oxygen atoms in total. The van der Waals surface area contributed by atoms with E-state index in [0.29, 0.717) is 17.4 Å². The van der Waals surface area contributed by atoms with E-state index in [9.17, 15) is 19.4 Å². The molecule has 0 bridgehead atoms. The van der Waals surface area contributed by atoms with E-state index in [1.807, 2.05) is 27.2 Å². The molecule has 0 saturated heterocycles. The average Bonchev–Trinajstić information content (AvgIpc) is 3.28. The van der Waals surface area contributed by atoms with Crippen molar-refractivity contribution in [2.75, 3.05) is 40.9 Å². The van der Waals surface area contributed by atoms with E-state index in [1.165, 1.54) is 238 Å². The zero-order valence-electron chi connectivity index (χ0n) is 45.0. The number of likely N-dealkylation sites (N-methyl/N-ethyl adjacent to an activating group) is 1. The summed E-state index contributed by atoms with van der Waals surface area (Å²) >= 11 is 0. The molecule has 0 aromatic carbocycles. The van der Waals surface area contributed by atoms with Crippen LogP contribution in [0, 0.1) is 0 Å². The van der Waals surface area contributed by atoms with Gasteiger partial charge in [0.25, 0.3) is 0 Å². The number of rotatable bonds is 54. The van der Waals surface area contributed by atoms with Crippen molar-refractivity contribution in [1.82, 2.24) is 5.32 Å². The van der Waals surface area contributed by atoms with Gasteiger partial charge in [-0.2, -0.15) is 0 Å². The topological polar surface area (TPSA) is 105 Å². The first-order valence-corrected chi connectivity index (χ1v) is 30.6. The van der Waals surface area contributed by atoms with Crippen molar-refractivity contribution in [3.8, 4) is 0 Å². The first-order valence-electron chi connectivity index (χ1n) is 29.1. The lowest BCUT2D eigenvalue weighted by atomic mass is 10.0. The van der Waals surface area contributed by atoms with Gasteiger partial charge in [-0.25, -0.2) is 4.57 Å². The van der Waals surface area contributed by atoms with Crippen LogP contribution in [0.5, 0.6) is 0 Å². The van der Waals surface area contributed by atoms with Crippen LogP contribution in [0.15, 0.2) is 12.2 Å². The maximum absolute atomic E-state index is 12.9. The van der Waals surface area contributed by atoms with Gasteiger partial charge in [0.15, 0.2) is 0 Å². The highest BCUT2D eigenvalue weighted by Crippen LogP contribution is 2.43. The Labute approximate surface area is 412 Å². The maximum atomic E-state index is 12.9. The fourth-order valence-electron chi connectivity index (χ4n) is 8.93. The molecule has 0 aromatic rings. The summed E-state index contributed by atoms with van der Waals surface area (Å²) in [6.45, 7) is 4.82. The van der Waals surface area contributed by atoms with Gasteiger partial charge >= 0.3 is 7.82 Å². The highest BCUT2D eigenvalue weighted by atomic mass is 31.2. The number of allylic oxidation sites excluding steroid dienone is 1. The molecule has 1 amide bonds. The molecule has 0 rings (SSSR count). The Bertz CT molecular complexity index is 1080. The molecular formula is C57H116N2O6P+. The Hall–Kier alpha value is -0.760. The van der Waals surface area contributed by atoms with Gasteiger partial charge in [0.05, 0.1) is 39.9 Å². The van der Waals surface area contributed by atoms with Gasteiger partial charge in [0.2, 0.25) is 5.91 Å². The quantitative estimate of drug-likeness (QED) is 0.0243. The van der Waals surface area contributed by atoms with Gasteiger partial charge in [-0.3, -0.25) is 13.8 Å². The molecule has 0 aliphatic rings. The molecule has 9 heteroatoms. The number of hydrogen-bond acceptors (Lipinski definition) is 5. The van der Waals surface area contributed by atoms with Gasteiger partial charge in [0.1, 0.15) is 13.2 Å². The Morgan fingerprint density at radius 1 is 0.500 bits per heavy atom. The summed E-state index contributed by atoms with van der Waals surface area (Å²) < 4.78 is 23.6. The smallest absolute Gasteiger partial charge is 0.387 e. The Morgan fingerprint density at radius 3 is 1.12 bits per heavy atom. The van der Waals surface area contributed by atoms with Crippen molar-refractivity contribution in [3.63, 3.8) is 0 Å². The van der Waals surface area contributed by atoms with Crippen LogP contribution in [0.4, 0.5) is 0 Å². The SMILES string of the molecule is CCCCCCCCC/C=C/C(O)C(COP(=O)(O)OCC[N+](C)(C)C)NC(=O)CCCCCCCCCCCCCCCCCCCCCCCCCCCCCCCCCCCCC. The second kappa shape index (κ2) is 49.2. The first-order chi connectivity index (χ1) is 32.0. The number of hydrogen-bond donors (Lipinski definition) is 3. The van der Waals surface area contributed by atoms with E-state index < -0.39 is 20.0 Å². The molecule has 0 fully saturated rings. The number of carbonyl (C=O) groups is 1. The summed E-state index contributed by atoms with van der Waals surface area (Å²) in [6, 6.07) is -0.840. The molecule has 0 saturated carbocycles. The predicted octanol–water partition coefficient (Wildman–Crippen LogP) is 17.4. The van der Waals surface area contributed by atoms with Crippen LogP contribution in [0.3, 0.4) is 0 Å². The number of carbonyl (C=O) groups excluding carboxylic acids is 1. The zero-order valence-corrected chi connectivity index (χ0v) is 45.9. The third kappa shape index (κ3) is 51.1. The van der Waals surface area contributed by atoms with Crippen LogP contribution in [0.2, 0.25) is 0 Å². The summed E-state index contributed by atoms with van der Waals surface area (Å²) in [6.07, 6.45) is 60.7. The van der Waals surface area contributed by atoms with Crippen LogP contribution in [0.1, 0.15) is 296 Å². The number of phosphoric acid groups is 1. The minimum atomic E-state index is -4.33. The summed E-state index contributed by atoms with van der Waals surface area (Å²) in [5, 5.41) is 13.8. The number of unbranched alkanes of at least 4 members (excludes halogenated alkanes) is 41. The van der Waals surface area contributed by atoms with Gasteiger partial charge in [-0.1, -0.05) is 283 Å². The Kier molecular flexibility index (Phi) is 48.7. The third-order valence-electron chi connectivity index (χ3n) is 13.5. The zero-order chi connectivity index (χ0) is 48.5. The lowest BCUT2D eigenvalue weighted by molar-refractivity contribution is -0.870. The van der Waals surface area contributed by atoms with Crippen molar-refractivity contribution in [2.45, 2.75) is 309 Å². The van der Waals surface area contributed by atoms with Crippen molar-refractivity contribution in [2.24, 2.45) is 0 Å².